The molecule has 1 amide bonds. The van der Waals surface area contributed by atoms with E-state index in [1.54, 1.807) is 0 Å². The van der Waals surface area contributed by atoms with Gasteiger partial charge in [-0.2, -0.15) is 0 Å². The smallest absolute Gasteiger partial charge is 0.222 e. The maximum absolute atomic E-state index is 12.4. The second-order valence-corrected chi connectivity index (χ2v) is 7.89. The van der Waals surface area contributed by atoms with E-state index < -0.39 is 0 Å². The summed E-state index contributed by atoms with van der Waals surface area (Å²) in [7, 11) is 0. The molecule has 2 unspecified atom stereocenters. The molecule has 0 spiro atoms. The molecule has 0 saturated carbocycles. The monoisotopic (exact) mass is 280 g/mol. The number of carbonyl (C=O) groups is 1. The molecule has 2 aliphatic heterocycles. The number of hydrogen-bond donors (Lipinski definition) is 1. The molecule has 116 valence electrons. The van der Waals surface area contributed by atoms with Gasteiger partial charge in [-0.1, -0.05) is 27.7 Å². The van der Waals surface area contributed by atoms with Crippen molar-refractivity contribution in [2.75, 3.05) is 19.6 Å². The fraction of sp³-hybridized carbons (Fsp3) is 0.941. The number of amides is 1. The number of piperidine rings is 1. The first kappa shape index (κ1) is 15.8. The molecule has 1 N–H and O–H groups in total. The summed E-state index contributed by atoms with van der Waals surface area (Å²) < 4.78 is 0. The molecule has 2 aliphatic rings. The molecule has 2 heterocycles. The van der Waals surface area contributed by atoms with Gasteiger partial charge in [-0.15, -0.1) is 0 Å². The highest BCUT2D eigenvalue weighted by Crippen LogP contribution is 2.30. The first-order valence-corrected chi connectivity index (χ1v) is 8.39. The van der Waals surface area contributed by atoms with Crippen molar-refractivity contribution < 1.29 is 4.79 Å². The van der Waals surface area contributed by atoms with Gasteiger partial charge in [0.2, 0.25) is 5.91 Å². The predicted molar refractivity (Wildman–Crippen MR) is 83.6 cm³/mol. The SMILES string of the molecule is CC(CC(=O)N1CCC(C2CCCN2)CC1)C(C)(C)C. The van der Waals surface area contributed by atoms with Gasteiger partial charge in [0, 0.05) is 25.6 Å². The predicted octanol–water partition coefficient (Wildman–Crippen LogP) is 3.05. The van der Waals surface area contributed by atoms with Gasteiger partial charge < -0.3 is 10.2 Å². The molecule has 2 rings (SSSR count). The zero-order valence-corrected chi connectivity index (χ0v) is 13.7. The van der Waals surface area contributed by atoms with Crippen molar-refractivity contribution in [3.63, 3.8) is 0 Å². The van der Waals surface area contributed by atoms with Crippen LogP contribution in [0.4, 0.5) is 0 Å². The second kappa shape index (κ2) is 6.46. The molecule has 0 aliphatic carbocycles. The number of likely N-dealkylation sites (tertiary alicyclic amines) is 1. The fourth-order valence-corrected chi connectivity index (χ4v) is 3.36. The van der Waals surface area contributed by atoms with E-state index >= 15 is 0 Å². The zero-order valence-electron chi connectivity index (χ0n) is 13.7. The Morgan fingerprint density at radius 3 is 2.40 bits per heavy atom. The number of nitrogens with zero attached hydrogens (tertiary/aromatic N) is 1. The third-order valence-electron chi connectivity index (χ3n) is 5.52. The minimum absolute atomic E-state index is 0.224. The maximum Gasteiger partial charge on any atom is 0.222 e. The van der Waals surface area contributed by atoms with Gasteiger partial charge in [0.1, 0.15) is 0 Å². The number of carbonyl (C=O) groups excluding carboxylic acids is 1. The van der Waals surface area contributed by atoms with Crippen LogP contribution >= 0.6 is 0 Å². The van der Waals surface area contributed by atoms with Crippen molar-refractivity contribution >= 4 is 5.91 Å². The molecule has 2 atom stereocenters. The Balaban J connectivity index is 1.76. The van der Waals surface area contributed by atoms with Crippen LogP contribution in [0.3, 0.4) is 0 Å². The lowest BCUT2D eigenvalue weighted by Gasteiger charge is -2.36. The molecule has 20 heavy (non-hydrogen) atoms. The van der Waals surface area contributed by atoms with Crippen molar-refractivity contribution in [2.45, 2.75) is 65.8 Å². The number of nitrogens with one attached hydrogen (secondary N) is 1. The molecular formula is C17H32N2O. The second-order valence-electron chi connectivity index (χ2n) is 7.89. The van der Waals surface area contributed by atoms with Gasteiger partial charge in [-0.3, -0.25) is 4.79 Å². The Kier molecular flexibility index (Phi) is 5.11. The highest BCUT2D eigenvalue weighted by Gasteiger charge is 2.31. The van der Waals surface area contributed by atoms with E-state index in [2.05, 4.69) is 37.9 Å². The molecule has 0 aromatic heterocycles. The minimum Gasteiger partial charge on any atom is -0.343 e. The molecule has 0 aromatic rings. The van der Waals surface area contributed by atoms with Crippen LogP contribution in [0.25, 0.3) is 0 Å². The first-order chi connectivity index (χ1) is 9.38. The minimum atomic E-state index is 0.224. The van der Waals surface area contributed by atoms with Crippen LogP contribution < -0.4 is 5.32 Å². The normalized spacial score (nSPS) is 26.8. The Morgan fingerprint density at radius 1 is 1.25 bits per heavy atom. The van der Waals surface area contributed by atoms with E-state index in [9.17, 15) is 4.79 Å². The van der Waals surface area contributed by atoms with Gasteiger partial charge in [-0.05, 0) is 49.5 Å². The van der Waals surface area contributed by atoms with E-state index in [1.165, 1.54) is 32.2 Å². The highest BCUT2D eigenvalue weighted by molar-refractivity contribution is 5.76. The number of hydrogen-bond acceptors (Lipinski definition) is 2. The summed E-state index contributed by atoms with van der Waals surface area (Å²) in [4.78, 5) is 14.5. The van der Waals surface area contributed by atoms with Crippen LogP contribution in [0.2, 0.25) is 0 Å². The maximum atomic E-state index is 12.4. The lowest BCUT2D eigenvalue weighted by molar-refractivity contribution is -0.134. The van der Waals surface area contributed by atoms with Crippen molar-refractivity contribution in [1.29, 1.82) is 0 Å². The molecule has 3 nitrogen and oxygen atoms in total. The van der Waals surface area contributed by atoms with Crippen LogP contribution in [0.15, 0.2) is 0 Å². The van der Waals surface area contributed by atoms with Gasteiger partial charge >= 0.3 is 0 Å². The van der Waals surface area contributed by atoms with E-state index in [0.29, 0.717) is 18.2 Å². The van der Waals surface area contributed by atoms with Crippen molar-refractivity contribution in [1.82, 2.24) is 10.2 Å². The zero-order chi connectivity index (χ0) is 14.8. The molecule has 0 bridgehead atoms. The van der Waals surface area contributed by atoms with Crippen molar-refractivity contribution in [3.05, 3.63) is 0 Å². The highest BCUT2D eigenvalue weighted by atomic mass is 16.2. The van der Waals surface area contributed by atoms with Crippen LogP contribution in [-0.2, 0) is 4.79 Å². The van der Waals surface area contributed by atoms with Gasteiger partial charge in [0.15, 0.2) is 0 Å². The summed E-state index contributed by atoms with van der Waals surface area (Å²) in [6.07, 6.45) is 5.74. The Bertz CT molecular complexity index is 320. The quantitative estimate of drug-likeness (QED) is 0.862. The standard InChI is InChI=1S/C17H32N2O/c1-13(17(2,3)4)12-16(20)19-10-7-14(8-11-19)15-6-5-9-18-15/h13-15,18H,5-12H2,1-4H3. The summed E-state index contributed by atoms with van der Waals surface area (Å²) in [5.41, 5.74) is 0.224. The molecule has 2 fully saturated rings. The topological polar surface area (TPSA) is 32.3 Å². The number of rotatable bonds is 3. The van der Waals surface area contributed by atoms with E-state index in [4.69, 9.17) is 0 Å². The summed E-state index contributed by atoms with van der Waals surface area (Å²) in [6.45, 7) is 12.0. The van der Waals surface area contributed by atoms with Crippen LogP contribution in [0.5, 0.6) is 0 Å². The fourth-order valence-electron chi connectivity index (χ4n) is 3.36. The third-order valence-corrected chi connectivity index (χ3v) is 5.52. The van der Waals surface area contributed by atoms with Crippen LogP contribution in [0.1, 0.15) is 59.8 Å². The molecule has 2 saturated heterocycles. The van der Waals surface area contributed by atoms with E-state index in [-0.39, 0.29) is 5.41 Å². The van der Waals surface area contributed by atoms with Crippen LogP contribution in [0, 0.1) is 17.3 Å². The van der Waals surface area contributed by atoms with E-state index in [1.807, 2.05) is 0 Å². The lowest BCUT2D eigenvalue weighted by atomic mass is 9.79. The van der Waals surface area contributed by atoms with Crippen molar-refractivity contribution in [3.8, 4) is 0 Å². The Hall–Kier alpha value is -0.570. The average Bonchev–Trinajstić information content (AvgIpc) is 2.91. The Morgan fingerprint density at radius 2 is 1.90 bits per heavy atom. The largest absolute Gasteiger partial charge is 0.343 e. The van der Waals surface area contributed by atoms with Gasteiger partial charge in [0.05, 0.1) is 0 Å². The third kappa shape index (κ3) is 3.97. The molecule has 3 heteroatoms. The van der Waals surface area contributed by atoms with Gasteiger partial charge in [-0.25, -0.2) is 0 Å². The first-order valence-electron chi connectivity index (χ1n) is 8.39. The lowest BCUT2D eigenvalue weighted by Crippen LogP contribution is -2.44. The summed E-state index contributed by atoms with van der Waals surface area (Å²) >= 11 is 0. The van der Waals surface area contributed by atoms with Crippen LogP contribution in [-0.4, -0.2) is 36.5 Å². The molecule has 0 radical (unpaired) electrons. The average molecular weight is 280 g/mol. The molecule has 0 aromatic carbocycles. The van der Waals surface area contributed by atoms with E-state index in [0.717, 1.165) is 25.0 Å². The summed E-state index contributed by atoms with van der Waals surface area (Å²) in [6, 6.07) is 0.723. The Labute approximate surface area is 124 Å². The summed E-state index contributed by atoms with van der Waals surface area (Å²) in [5, 5.41) is 3.62. The summed E-state index contributed by atoms with van der Waals surface area (Å²) in [5.74, 6) is 1.61. The molecular weight excluding hydrogens is 248 g/mol. The van der Waals surface area contributed by atoms with Crippen molar-refractivity contribution in [2.24, 2.45) is 17.3 Å². The van der Waals surface area contributed by atoms with Gasteiger partial charge in [0.25, 0.3) is 0 Å².